The quantitative estimate of drug-likeness (QED) is 0.852. The number of carbonyl (C=O) groups excluding carboxylic acids is 1. The van der Waals surface area contributed by atoms with Crippen LogP contribution < -0.4 is 5.32 Å². The number of hydrogen-bond donors (Lipinski definition) is 1. The van der Waals surface area contributed by atoms with Gasteiger partial charge in [-0.3, -0.25) is 9.69 Å². The van der Waals surface area contributed by atoms with E-state index in [0.29, 0.717) is 18.8 Å². The summed E-state index contributed by atoms with van der Waals surface area (Å²) < 4.78 is 7.07. The van der Waals surface area contributed by atoms with Gasteiger partial charge in [-0.2, -0.15) is 0 Å². The smallest absolute Gasteiger partial charge is 0.273 e. The molecule has 1 N–H and O–H groups in total. The number of ether oxygens (including phenoxy) is 1. The van der Waals surface area contributed by atoms with E-state index in [1.54, 1.807) is 10.9 Å². The fourth-order valence-corrected chi connectivity index (χ4v) is 2.92. The lowest BCUT2D eigenvalue weighted by Crippen LogP contribution is -2.55. The fraction of sp³-hybridized carbons (Fsp3) is 0.500. The molecule has 7 nitrogen and oxygen atoms in total. The van der Waals surface area contributed by atoms with Gasteiger partial charge in [-0.25, -0.2) is 4.68 Å². The van der Waals surface area contributed by atoms with Crippen molar-refractivity contribution in [3.8, 4) is 0 Å². The first kappa shape index (κ1) is 17.6. The highest BCUT2D eigenvalue weighted by molar-refractivity contribution is 5.91. The zero-order valence-corrected chi connectivity index (χ0v) is 14.8. The molecule has 7 heteroatoms. The molecule has 0 radical (unpaired) electrons. The van der Waals surface area contributed by atoms with Crippen molar-refractivity contribution in [3.63, 3.8) is 0 Å². The van der Waals surface area contributed by atoms with E-state index in [-0.39, 0.29) is 11.4 Å². The third-order valence-electron chi connectivity index (χ3n) is 4.51. The van der Waals surface area contributed by atoms with Gasteiger partial charge in [0.25, 0.3) is 5.91 Å². The molecule has 1 aromatic heterocycles. The van der Waals surface area contributed by atoms with Gasteiger partial charge in [-0.15, -0.1) is 5.10 Å². The van der Waals surface area contributed by atoms with Crippen molar-refractivity contribution in [2.24, 2.45) is 0 Å². The van der Waals surface area contributed by atoms with Crippen LogP contribution in [0.2, 0.25) is 0 Å². The molecule has 2 aromatic rings. The number of hydrogen-bond acceptors (Lipinski definition) is 5. The van der Waals surface area contributed by atoms with Crippen molar-refractivity contribution >= 4 is 5.91 Å². The fourth-order valence-electron chi connectivity index (χ4n) is 2.92. The number of benzene rings is 1. The molecule has 134 valence electrons. The summed E-state index contributed by atoms with van der Waals surface area (Å²) in [4.78, 5) is 14.7. The SMILES string of the molecule is CC(C)(CNC(=O)c1cn(Cc2ccccc2)nn1)N1CCOCC1. The molecule has 0 atom stereocenters. The van der Waals surface area contributed by atoms with Gasteiger partial charge in [0, 0.05) is 25.2 Å². The molecular formula is C18H25N5O2. The Labute approximate surface area is 148 Å². The summed E-state index contributed by atoms with van der Waals surface area (Å²) in [5, 5.41) is 11.0. The lowest BCUT2D eigenvalue weighted by molar-refractivity contribution is -0.00924. The van der Waals surface area contributed by atoms with Crippen molar-refractivity contribution in [2.75, 3.05) is 32.8 Å². The molecule has 1 fully saturated rings. The number of morpholine rings is 1. The average Bonchev–Trinajstić information content (AvgIpc) is 3.10. The molecule has 1 saturated heterocycles. The number of nitrogens with zero attached hydrogens (tertiary/aromatic N) is 4. The van der Waals surface area contributed by atoms with E-state index in [1.807, 2.05) is 30.3 Å². The monoisotopic (exact) mass is 343 g/mol. The second-order valence-corrected chi connectivity index (χ2v) is 6.88. The topological polar surface area (TPSA) is 72.3 Å². The van der Waals surface area contributed by atoms with Gasteiger partial charge in [-0.1, -0.05) is 35.5 Å². The summed E-state index contributed by atoms with van der Waals surface area (Å²) in [5.74, 6) is -0.194. The van der Waals surface area contributed by atoms with E-state index >= 15 is 0 Å². The maximum absolute atomic E-state index is 12.4. The van der Waals surface area contributed by atoms with Crippen LogP contribution in [0.4, 0.5) is 0 Å². The Morgan fingerprint density at radius 1 is 1.24 bits per heavy atom. The molecular weight excluding hydrogens is 318 g/mol. The molecule has 0 aliphatic carbocycles. The van der Waals surface area contributed by atoms with E-state index < -0.39 is 0 Å². The second kappa shape index (κ2) is 7.76. The summed E-state index contributed by atoms with van der Waals surface area (Å²) in [6.45, 7) is 8.66. The first-order valence-electron chi connectivity index (χ1n) is 8.60. The van der Waals surface area contributed by atoms with Crippen LogP contribution in [0.25, 0.3) is 0 Å². The Balaban J connectivity index is 1.54. The molecule has 1 aromatic carbocycles. The van der Waals surface area contributed by atoms with Crippen LogP contribution in [0.5, 0.6) is 0 Å². The molecule has 1 aliphatic rings. The van der Waals surface area contributed by atoms with Crippen molar-refractivity contribution in [3.05, 3.63) is 47.8 Å². The Hall–Kier alpha value is -2.25. The van der Waals surface area contributed by atoms with Gasteiger partial charge >= 0.3 is 0 Å². The highest BCUT2D eigenvalue weighted by Crippen LogP contribution is 2.15. The Morgan fingerprint density at radius 2 is 1.96 bits per heavy atom. The summed E-state index contributed by atoms with van der Waals surface area (Å²) in [6, 6.07) is 9.97. The van der Waals surface area contributed by atoms with E-state index in [1.165, 1.54) is 0 Å². The van der Waals surface area contributed by atoms with Gasteiger partial charge in [-0.05, 0) is 19.4 Å². The van der Waals surface area contributed by atoms with Crippen LogP contribution in [0, 0.1) is 0 Å². The minimum absolute atomic E-state index is 0.126. The van der Waals surface area contributed by atoms with Gasteiger partial charge < -0.3 is 10.1 Å². The average molecular weight is 343 g/mol. The molecule has 0 saturated carbocycles. The van der Waals surface area contributed by atoms with Crippen LogP contribution in [-0.4, -0.2) is 64.2 Å². The number of carbonyl (C=O) groups is 1. The molecule has 0 bridgehead atoms. The van der Waals surface area contributed by atoms with E-state index in [9.17, 15) is 4.79 Å². The zero-order valence-electron chi connectivity index (χ0n) is 14.8. The van der Waals surface area contributed by atoms with Gasteiger partial charge in [0.1, 0.15) is 0 Å². The molecule has 0 spiro atoms. The van der Waals surface area contributed by atoms with Crippen LogP contribution in [0.1, 0.15) is 29.9 Å². The van der Waals surface area contributed by atoms with E-state index in [4.69, 9.17) is 4.74 Å². The van der Waals surface area contributed by atoms with Crippen molar-refractivity contribution < 1.29 is 9.53 Å². The highest BCUT2D eigenvalue weighted by Gasteiger charge is 2.29. The van der Waals surface area contributed by atoms with Crippen molar-refractivity contribution in [2.45, 2.75) is 25.9 Å². The second-order valence-electron chi connectivity index (χ2n) is 6.88. The minimum Gasteiger partial charge on any atom is -0.379 e. The number of amides is 1. The predicted octanol–water partition coefficient (Wildman–Crippen LogP) is 1.17. The van der Waals surface area contributed by atoms with Gasteiger partial charge in [0.05, 0.1) is 26.0 Å². The van der Waals surface area contributed by atoms with E-state index in [2.05, 4.69) is 34.4 Å². The van der Waals surface area contributed by atoms with Crippen LogP contribution in [-0.2, 0) is 11.3 Å². The summed E-state index contributed by atoms with van der Waals surface area (Å²) in [5.41, 5.74) is 1.33. The molecule has 25 heavy (non-hydrogen) atoms. The number of rotatable bonds is 6. The Morgan fingerprint density at radius 3 is 2.68 bits per heavy atom. The molecule has 1 amide bonds. The maximum atomic E-state index is 12.4. The first-order chi connectivity index (χ1) is 12.0. The summed E-state index contributed by atoms with van der Waals surface area (Å²) in [7, 11) is 0. The van der Waals surface area contributed by atoms with Gasteiger partial charge in [0.15, 0.2) is 5.69 Å². The molecule has 0 unspecified atom stereocenters. The first-order valence-corrected chi connectivity index (χ1v) is 8.60. The lowest BCUT2D eigenvalue weighted by atomic mass is 10.0. The Kier molecular flexibility index (Phi) is 5.45. The normalized spacial score (nSPS) is 15.9. The number of nitrogens with one attached hydrogen (secondary N) is 1. The highest BCUT2D eigenvalue weighted by atomic mass is 16.5. The molecule has 3 rings (SSSR count). The third-order valence-corrected chi connectivity index (χ3v) is 4.51. The summed E-state index contributed by atoms with van der Waals surface area (Å²) in [6.07, 6.45) is 1.68. The van der Waals surface area contributed by atoms with Crippen LogP contribution in [0.3, 0.4) is 0 Å². The summed E-state index contributed by atoms with van der Waals surface area (Å²) >= 11 is 0. The maximum Gasteiger partial charge on any atom is 0.273 e. The molecule has 1 aliphatic heterocycles. The zero-order chi connectivity index (χ0) is 17.7. The van der Waals surface area contributed by atoms with E-state index in [0.717, 1.165) is 31.9 Å². The lowest BCUT2D eigenvalue weighted by Gasteiger charge is -2.40. The van der Waals surface area contributed by atoms with Crippen molar-refractivity contribution in [1.82, 2.24) is 25.2 Å². The third kappa shape index (κ3) is 4.64. The largest absolute Gasteiger partial charge is 0.379 e. The minimum atomic E-state index is -0.194. The van der Waals surface area contributed by atoms with Crippen LogP contribution >= 0.6 is 0 Å². The standard InChI is InChI=1S/C18H25N5O2/c1-18(2,22-8-10-25-11-9-22)14-19-17(24)16-13-23(21-20-16)12-15-6-4-3-5-7-15/h3-7,13H,8-12,14H2,1-2H3,(H,19,24). The van der Waals surface area contributed by atoms with Crippen LogP contribution in [0.15, 0.2) is 36.5 Å². The Bertz CT molecular complexity index is 693. The number of aromatic nitrogens is 3. The van der Waals surface area contributed by atoms with Gasteiger partial charge in [0.2, 0.25) is 0 Å². The predicted molar refractivity (Wildman–Crippen MR) is 94.4 cm³/mol. The molecule has 2 heterocycles. The van der Waals surface area contributed by atoms with Crippen molar-refractivity contribution in [1.29, 1.82) is 0 Å².